The van der Waals surface area contributed by atoms with Crippen LogP contribution in [-0.4, -0.2) is 17.4 Å². The van der Waals surface area contributed by atoms with Crippen LogP contribution in [0.2, 0.25) is 0 Å². The minimum atomic E-state index is -0.959. The number of nitro groups is 1. The van der Waals surface area contributed by atoms with Gasteiger partial charge in [-0.2, -0.15) is 4.39 Å². The summed E-state index contributed by atoms with van der Waals surface area (Å²) in [6.07, 6.45) is 0. The first-order valence-electron chi connectivity index (χ1n) is 6.39. The van der Waals surface area contributed by atoms with E-state index in [0.717, 1.165) is 17.7 Å². The van der Waals surface area contributed by atoms with E-state index in [1.54, 1.807) is 12.1 Å². The van der Waals surface area contributed by atoms with Gasteiger partial charge in [0, 0.05) is 11.8 Å². The number of aryl methyl sites for hydroxylation is 1. The number of nitrogens with zero attached hydrogens (tertiary/aromatic N) is 1. The molecule has 114 valence electrons. The first kappa shape index (κ1) is 15.4. The van der Waals surface area contributed by atoms with Gasteiger partial charge in [0.05, 0.1) is 4.92 Å². The van der Waals surface area contributed by atoms with Gasteiger partial charge in [-0.25, -0.2) is 0 Å². The molecule has 0 spiro atoms. The van der Waals surface area contributed by atoms with Crippen molar-refractivity contribution in [1.29, 1.82) is 0 Å². The topological polar surface area (TPSA) is 81.5 Å². The molecule has 0 saturated carbocycles. The molecule has 1 N–H and O–H groups in total. The highest BCUT2D eigenvalue weighted by Gasteiger charge is 2.15. The molecule has 2 rings (SSSR count). The van der Waals surface area contributed by atoms with Crippen molar-refractivity contribution >= 4 is 17.3 Å². The molecule has 0 unspecified atom stereocenters. The Morgan fingerprint density at radius 3 is 2.59 bits per heavy atom. The van der Waals surface area contributed by atoms with Crippen LogP contribution >= 0.6 is 0 Å². The van der Waals surface area contributed by atoms with E-state index in [1.165, 1.54) is 6.07 Å². The van der Waals surface area contributed by atoms with Crippen LogP contribution in [-0.2, 0) is 4.79 Å². The van der Waals surface area contributed by atoms with Crippen LogP contribution in [0.4, 0.5) is 15.8 Å². The molecule has 7 heteroatoms. The van der Waals surface area contributed by atoms with Crippen molar-refractivity contribution in [3.63, 3.8) is 0 Å². The minimum Gasteiger partial charge on any atom is -0.484 e. The van der Waals surface area contributed by atoms with Crippen LogP contribution in [0.25, 0.3) is 0 Å². The summed E-state index contributed by atoms with van der Waals surface area (Å²) >= 11 is 0. The summed E-state index contributed by atoms with van der Waals surface area (Å²) in [6.45, 7) is 1.67. The average Bonchev–Trinajstić information content (AvgIpc) is 2.48. The number of nitro benzene ring substituents is 1. The second-order valence-corrected chi connectivity index (χ2v) is 4.57. The van der Waals surface area contributed by atoms with Crippen molar-refractivity contribution in [2.75, 3.05) is 11.9 Å². The molecule has 0 saturated heterocycles. The normalized spacial score (nSPS) is 10.1. The molecule has 1 amide bonds. The Morgan fingerprint density at radius 2 is 1.95 bits per heavy atom. The van der Waals surface area contributed by atoms with Gasteiger partial charge in [-0.05, 0) is 31.2 Å². The zero-order valence-electron chi connectivity index (χ0n) is 11.7. The Bertz CT molecular complexity index is 701. The van der Waals surface area contributed by atoms with Gasteiger partial charge in [0.2, 0.25) is 5.82 Å². The molecule has 0 atom stereocenters. The van der Waals surface area contributed by atoms with Gasteiger partial charge in [0.15, 0.2) is 6.61 Å². The molecule has 0 aliphatic rings. The van der Waals surface area contributed by atoms with Crippen molar-refractivity contribution in [3.8, 4) is 5.75 Å². The molecule has 22 heavy (non-hydrogen) atoms. The average molecular weight is 304 g/mol. The van der Waals surface area contributed by atoms with Crippen molar-refractivity contribution < 1.29 is 18.8 Å². The molecular formula is C15H13FN2O4. The van der Waals surface area contributed by atoms with Gasteiger partial charge in [0.1, 0.15) is 5.75 Å². The number of hydrogen-bond donors (Lipinski definition) is 1. The lowest BCUT2D eigenvalue weighted by Crippen LogP contribution is -2.20. The summed E-state index contributed by atoms with van der Waals surface area (Å²) in [5.41, 5.74) is 0.498. The highest BCUT2D eigenvalue weighted by atomic mass is 19.1. The molecule has 0 bridgehead atoms. The molecule has 2 aromatic rings. The number of anilines is 1. The Kier molecular flexibility index (Phi) is 4.67. The van der Waals surface area contributed by atoms with Gasteiger partial charge >= 0.3 is 5.69 Å². The van der Waals surface area contributed by atoms with E-state index in [-0.39, 0.29) is 12.3 Å². The predicted molar refractivity (Wildman–Crippen MR) is 78.4 cm³/mol. The fourth-order valence-electron chi connectivity index (χ4n) is 1.71. The van der Waals surface area contributed by atoms with E-state index in [2.05, 4.69) is 5.32 Å². The second kappa shape index (κ2) is 6.66. The molecule has 0 radical (unpaired) electrons. The summed E-state index contributed by atoms with van der Waals surface area (Å²) in [5.74, 6) is -0.925. The van der Waals surface area contributed by atoms with E-state index in [1.807, 2.05) is 19.1 Å². The monoisotopic (exact) mass is 304 g/mol. The molecule has 0 aliphatic carbocycles. The number of rotatable bonds is 5. The number of ether oxygens (including phenoxy) is 1. The second-order valence-electron chi connectivity index (χ2n) is 4.57. The maximum atomic E-state index is 13.2. The van der Waals surface area contributed by atoms with Crippen LogP contribution in [0, 0.1) is 22.9 Å². The highest BCUT2D eigenvalue weighted by Crippen LogP contribution is 2.21. The Labute approximate surface area is 125 Å². The number of amides is 1. The van der Waals surface area contributed by atoms with Gasteiger partial charge in [-0.15, -0.1) is 0 Å². The summed E-state index contributed by atoms with van der Waals surface area (Å²) in [7, 11) is 0. The highest BCUT2D eigenvalue weighted by molar-refractivity contribution is 5.92. The molecule has 0 heterocycles. The summed E-state index contributed by atoms with van der Waals surface area (Å²) in [4.78, 5) is 21.5. The largest absolute Gasteiger partial charge is 0.484 e. The van der Waals surface area contributed by atoms with Crippen molar-refractivity contribution in [2.24, 2.45) is 0 Å². The lowest BCUT2D eigenvalue weighted by atomic mass is 10.2. The van der Waals surface area contributed by atoms with Crippen molar-refractivity contribution in [2.45, 2.75) is 6.92 Å². The molecule has 2 aromatic carbocycles. The number of carbonyl (C=O) groups excluding carboxylic acids is 1. The fraction of sp³-hybridized carbons (Fsp3) is 0.133. The van der Waals surface area contributed by atoms with E-state index in [4.69, 9.17) is 4.74 Å². The summed E-state index contributed by atoms with van der Waals surface area (Å²) in [6, 6.07) is 10.3. The number of carbonyl (C=O) groups is 1. The maximum absolute atomic E-state index is 13.2. The smallest absolute Gasteiger partial charge is 0.306 e. The number of benzene rings is 2. The van der Waals surface area contributed by atoms with Crippen LogP contribution in [0.5, 0.6) is 5.75 Å². The maximum Gasteiger partial charge on any atom is 0.306 e. The number of halogens is 1. The van der Waals surface area contributed by atoms with Crippen molar-refractivity contribution in [3.05, 3.63) is 64.0 Å². The molecule has 0 aliphatic heterocycles. The van der Waals surface area contributed by atoms with Gasteiger partial charge < -0.3 is 10.1 Å². The third-order valence-corrected chi connectivity index (χ3v) is 2.82. The SMILES string of the molecule is Cc1ccc(OCC(=O)Nc2ccc(F)c([N+](=O)[O-])c2)cc1. The van der Waals surface area contributed by atoms with Crippen LogP contribution < -0.4 is 10.1 Å². The van der Waals surface area contributed by atoms with E-state index in [0.29, 0.717) is 5.75 Å². The molecule has 0 fully saturated rings. The molecule has 6 nitrogen and oxygen atoms in total. The quantitative estimate of drug-likeness (QED) is 0.680. The Hall–Kier alpha value is -2.96. The lowest BCUT2D eigenvalue weighted by molar-refractivity contribution is -0.387. The zero-order valence-corrected chi connectivity index (χ0v) is 11.7. The van der Waals surface area contributed by atoms with Crippen molar-refractivity contribution in [1.82, 2.24) is 0 Å². The lowest BCUT2D eigenvalue weighted by Gasteiger charge is -2.08. The Morgan fingerprint density at radius 1 is 1.27 bits per heavy atom. The van der Waals surface area contributed by atoms with Gasteiger partial charge in [-0.1, -0.05) is 17.7 Å². The number of hydrogen-bond acceptors (Lipinski definition) is 4. The third kappa shape index (κ3) is 4.02. The molecule has 0 aromatic heterocycles. The van der Waals surface area contributed by atoms with Crippen LogP contribution in [0.3, 0.4) is 0 Å². The first-order valence-corrected chi connectivity index (χ1v) is 6.39. The standard InChI is InChI=1S/C15H13FN2O4/c1-10-2-5-12(6-3-10)22-9-15(19)17-11-4-7-13(16)14(8-11)18(20)21/h2-8H,9H2,1H3,(H,17,19). The van der Waals surface area contributed by atoms with Crippen LogP contribution in [0.15, 0.2) is 42.5 Å². The number of nitrogens with one attached hydrogen (secondary N) is 1. The third-order valence-electron chi connectivity index (χ3n) is 2.82. The summed E-state index contributed by atoms with van der Waals surface area (Å²) in [5, 5.41) is 13.0. The molecular weight excluding hydrogens is 291 g/mol. The first-order chi connectivity index (χ1) is 10.5. The van der Waals surface area contributed by atoms with E-state index < -0.39 is 22.3 Å². The predicted octanol–water partition coefficient (Wildman–Crippen LogP) is 3.06. The summed E-state index contributed by atoms with van der Waals surface area (Å²) < 4.78 is 18.5. The minimum absolute atomic E-state index is 0.130. The van der Waals surface area contributed by atoms with E-state index >= 15 is 0 Å². The van der Waals surface area contributed by atoms with E-state index in [9.17, 15) is 19.3 Å². The van der Waals surface area contributed by atoms with Gasteiger partial charge in [0.25, 0.3) is 5.91 Å². The van der Waals surface area contributed by atoms with Crippen LogP contribution in [0.1, 0.15) is 5.56 Å². The Balaban J connectivity index is 1.96. The van der Waals surface area contributed by atoms with Gasteiger partial charge in [-0.3, -0.25) is 14.9 Å². The fourth-order valence-corrected chi connectivity index (χ4v) is 1.71. The zero-order chi connectivity index (χ0) is 16.1.